The molecule has 0 bridgehead atoms. The fourth-order valence-corrected chi connectivity index (χ4v) is 2.85. The van der Waals surface area contributed by atoms with E-state index in [0.717, 1.165) is 0 Å². The molecular formula is C18H22N2O4. The Morgan fingerprint density at radius 1 is 1.25 bits per heavy atom. The number of nitrogens with zero attached hydrogens (tertiary/aromatic N) is 2. The van der Waals surface area contributed by atoms with Crippen LogP contribution in [0.1, 0.15) is 45.4 Å². The van der Waals surface area contributed by atoms with Crippen molar-refractivity contribution in [3.05, 3.63) is 40.6 Å². The number of amides is 1. The van der Waals surface area contributed by atoms with E-state index in [1.54, 1.807) is 17.0 Å². The summed E-state index contributed by atoms with van der Waals surface area (Å²) in [5, 5.41) is 0.493. The predicted octanol–water partition coefficient (Wildman–Crippen LogP) is 3.30. The summed E-state index contributed by atoms with van der Waals surface area (Å²) in [6.45, 7) is 6.69. The fraction of sp³-hybridized carbons (Fsp3) is 0.500. The minimum Gasteiger partial charge on any atom is -0.444 e. The normalized spacial score (nSPS) is 16.4. The first-order valence-electron chi connectivity index (χ1n) is 8.21. The van der Waals surface area contributed by atoms with Crippen LogP contribution in [0.15, 0.2) is 33.5 Å². The van der Waals surface area contributed by atoms with Crippen LogP contribution >= 0.6 is 0 Å². The average Bonchev–Trinajstić information content (AvgIpc) is 2.53. The van der Waals surface area contributed by atoms with Crippen molar-refractivity contribution >= 4 is 17.0 Å². The molecule has 0 radical (unpaired) electrons. The van der Waals surface area contributed by atoms with E-state index in [9.17, 15) is 9.59 Å². The molecule has 1 amide bonds. The number of aromatic nitrogens is 1. The Morgan fingerprint density at radius 2 is 1.92 bits per heavy atom. The number of para-hydroxylation sites is 1. The lowest BCUT2D eigenvalue weighted by Gasteiger charge is -2.32. The van der Waals surface area contributed by atoms with Crippen molar-refractivity contribution in [1.29, 1.82) is 0 Å². The van der Waals surface area contributed by atoms with E-state index in [4.69, 9.17) is 9.15 Å². The summed E-state index contributed by atoms with van der Waals surface area (Å²) < 4.78 is 10.8. The van der Waals surface area contributed by atoms with Crippen LogP contribution in [-0.2, 0) is 4.74 Å². The SMILES string of the molecule is CC(C)(C)OC(=O)N1CCC(c2nc3ccccc3c(=O)o2)CC1. The molecule has 0 saturated carbocycles. The molecule has 2 heterocycles. The Hall–Kier alpha value is -2.37. The summed E-state index contributed by atoms with van der Waals surface area (Å²) in [6, 6.07) is 7.16. The molecular weight excluding hydrogens is 308 g/mol. The minimum absolute atomic E-state index is 0.0426. The summed E-state index contributed by atoms with van der Waals surface area (Å²) in [5.41, 5.74) is -0.204. The van der Waals surface area contributed by atoms with Crippen LogP contribution in [0.2, 0.25) is 0 Å². The first-order chi connectivity index (χ1) is 11.3. The van der Waals surface area contributed by atoms with Crippen molar-refractivity contribution < 1.29 is 13.9 Å². The number of carbonyl (C=O) groups excluding carboxylic acids is 1. The van der Waals surface area contributed by atoms with Gasteiger partial charge in [0.1, 0.15) is 5.60 Å². The van der Waals surface area contributed by atoms with Crippen molar-refractivity contribution in [3.63, 3.8) is 0 Å². The summed E-state index contributed by atoms with van der Waals surface area (Å²) >= 11 is 0. The van der Waals surface area contributed by atoms with E-state index >= 15 is 0 Å². The molecule has 6 nitrogen and oxygen atoms in total. The van der Waals surface area contributed by atoms with Crippen molar-refractivity contribution in [2.75, 3.05) is 13.1 Å². The molecule has 0 atom stereocenters. The summed E-state index contributed by atoms with van der Waals surface area (Å²) in [6.07, 6.45) is 1.11. The van der Waals surface area contributed by atoms with Gasteiger partial charge in [-0.15, -0.1) is 0 Å². The van der Waals surface area contributed by atoms with Gasteiger partial charge in [-0.2, -0.15) is 0 Å². The Kier molecular flexibility index (Phi) is 4.30. The van der Waals surface area contributed by atoms with Crippen molar-refractivity contribution in [2.24, 2.45) is 0 Å². The van der Waals surface area contributed by atoms with Crippen molar-refractivity contribution in [1.82, 2.24) is 9.88 Å². The van der Waals surface area contributed by atoms with Gasteiger partial charge in [0.2, 0.25) is 5.89 Å². The zero-order chi connectivity index (χ0) is 17.3. The number of carbonyl (C=O) groups is 1. The molecule has 6 heteroatoms. The van der Waals surface area contributed by atoms with Gasteiger partial charge in [-0.3, -0.25) is 0 Å². The van der Waals surface area contributed by atoms with Gasteiger partial charge in [-0.05, 0) is 45.7 Å². The van der Waals surface area contributed by atoms with Crippen LogP contribution < -0.4 is 5.63 Å². The molecule has 0 aliphatic carbocycles. The number of rotatable bonds is 1. The molecule has 1 aliphatic heterocycles. The molecule has 0 N–H and O–H groups in total. The molecule has 3 rings (SSSR count). The van der Waals surface area contributed by atoms with Gasteiger partial charge in [0.05, 0.1) is 10.9 Å². The van der Waals surface area contributed by atoms with Gasteiger partial charge in [-0.1, -0.05) is 12.1 Å². The molecule has 1 aromatic heterocycles. The van der Waals surface area contributed by atoms with Crippen LogP contribution in [0, 0.1) is 0 Å². The molecule has 0 unspecified atom stereocenters. The lowest BCUT2D eigenvalue weighted by molar-refractivity contribution is 0.0198. The van der Waals surface area contributed by atoms with Gasteiger partial charge in [0.25, 0.3) is 0 Å². The van der Waals surface area contributed by atoms with Crippen molar-refractivity contribution in [2.45, 2.75) is 45.1 Å². The number of piperidine rings is 1. The van der Waals surface area contributed by atoms with Gasteiger partial charge >= 0.3 is 11.7 Å². The third kappa shape index (κ3) is 3.58. The summed E-state index contributed by atoms with van der Waals surface area (Å²) in [7, 11) is 0. The first kappa shape index (κ1) is 16.5. The Morgan fingerprint density at radius 3 is 2.58 bits per heavy atom. The third-order valence-electron chi connectivity index (χ3n) is 4.05. The lowest BCUT2D eigenvalue weighted by atomic mass is 9.97. The minimum atomic E-state index is -0.499. The number of fused-ring (bicyclic) bond motifs is 1. The monoisotopic (exact) mass is 330 g/mol. The molecule has 1 aromatic carbocycles. The van der Waals surface area contributed by atoms with Crippen molar-refractivity contribution in [3.8, 4) is 0 Å². The van der Waals surface area contributed by atoms with Gasteiger partial charge < -0.3 is 14.1 Å². The zero-order valence-electron chi connectivity index (χ0n) is 14.2. The smallest absolute Gasteiger partial charge is 0.410 e. The van der Waals surface area contributed by atoms with Crippen LogP contribution in [0.25, 0.3) is 10.9 Å². The molecule has 2 aromatic rings. The van der Waals surface area contributed by atoms with Crippen LogP contribution in [0.5, 0.6) is 0 Å². The van der Waals surface area contributed by atoms with Gasteiger partial charge in [0.15, 0.2) is 0 Å². The van der Waals surface area contributed by atoms with Gasteiger partial charge in [-0.25, -0.2) is 14.6 Å². The highest BCUT2D eigenvalue weighted by atomic mass is 16.6. The Labute approximate surface area is 140 Å². The lowest BCUT2D eigenvalue weighted by Crippen LogP contribution is -2.41. The Bertz CT molecular complexity index is 799. The van der Waals surface area contributed by atoms with Crippen LogP contribution in [0.4, 0.5) is 4.79 Å². The van der Waals surface area contributed by atoms with E-state index < -0.39 is 5.60 Å². The number of hydrogen-bond donors (Lipinski definition) is 0. The molecule has 24 heavy (non-hydrogen) atoms. The van der Waals surface area contributed by atoms with E-state index in [1.165, 1.54) is 0 Å². The topological polar surface area (TPSA) is 72.6 Å². The van der Waals surface area contributed by atoms with Crippen LogP contribution in [0.3, 0.4) is 0 Å². The molecule has 1 aliphatic rings. The Balaban J connectivity index is 1.71. The maximum Gasteiger partial charge on any atom is 0.410 e. The quantitative estimate of drug-likeness (QED) is 0.802. The first-order valence-corrected chi connectivity index (χ1v) is 8.21. The van der Waals surface area contributed by atoms with Gasteiger partial charge in [0, 0.05) is 19.0 Å². The van der Waals surface area contributed by atoms with E-state index in [-0.39, 0.29) is 17.6 Å². The number of benzene rings is 1. The van der Waals surface area contributed by atoms with E-state index in [2.05, 4.69) is 4.98 Å². The largest absolute Gasteiger partial charge is 0.444 e. The number of ether oxygens (including phenoxy) is 1. The maximum absolute atomic E-state index is 12.1. The number of likely N-dealkylation sites (tertiary alicyclic amines) is 1. The third-order valence-corrected chi connectivity index (χ3v) is 4.05. The fourth-order valence-electron chi connectivity index (χ4n) is 2.85. The second-order valence-corrected chi connectivity index (χ2v) is 7.10. The highest BCUT2D eigenvalue weighted by Crippen LogP contribution is 2.27. The summed E-state index contributed by atoms with van der Waals surface area (Å²) in [5.74, 6) is 0.503. The van der Waals surface area contributed by atoms with Crippen LogP contribution in [-0.4, -0.2) is 34.7 Å². The zero-order valence-corrected chi connectivity index (χ0v) is 14.2. The van der Waals surface area contributed by atoms with E-state index in [1.807, 2.05) is 32.9 Å². The predicted molar refractivity (Wildman–Crippen MR) is 90.1 cm³/mol. The highest BCUT2D eigenvalue weighted by Gasteiger charge is 2.29. The van der Waals surface area contributed by atoms with E-state index in [0.29, 0.717) is 42.7 Å². The standard InChI is InChI=1S/C18H22N2O4/c1-18(2,3)24-17(22)20-10-8-12(9-11-20)15-19-14-7-5-4-6-13(14)16(21)23-15/h4-7,12H,8-11H2,1-3H3. The molecule has 1 fully saturated rings. The second kappa shape index (κ2) is 6.26. The average molecular weight is 330 g/mol. The number of hydrogen-bond acceptors (Lipinski definition) is 5. The summed E-state index contributed by atoms with van der Waals surface area (Å²) in [4.78, 5) is 30.4. The maximum atomic E-state index is 12.1. The second-order valence-electron chi connectivity index (χ2n) is 7.10. The molecule has 0 spiro atoms. The molecule has 128 valence electrons. The molecule has 1 saturated heterocycles. The highest BCUT2D eigenvalue weighted by molar-refractivity contribution is 5.76.